The molecule has 3 N–H and O–H groups in total. The van der Waals surface area contributed by atoms with E-state index in [-0.39, 0.29) is 11.9 Å². The highest BCUT2D eigenvalue weighted by atomic mass is 79.9. The molecule has 0 aliphatic heterocycles. The number of ether oxygens (including phenoxy) is 1. The Kier molecular flexibility index (Phi) is 4.73. The zero-order valence-corrected chi connectivity index (χ0v) is 13.8. The van der Waals surface area contributed by atoms with Crippen molar-refractivity contribution in [3.8, 4) is 5.75 Å². The number of hydrogen-bond donors (Lipinski definition) is 2. The van der Waals surface area contributed by atoms with E-state index in [1.54, 1.807) is 6.07 Å². The first-order valence-corrected chi connectivity index (χ1v) is 7.45. The van der Waals surface area contributed by atoms with Gasteiger partial charge in [0.05, 0.1) is 17.5 Å². The SMILES string of the molecule is Cc1c(Br)cccc1Nc1cc(OC(C)C)c(F)cc1N. The Morgan fingerprint density at radius 1 is 1.24 bits per heavy atom. The maximum absolute atomic E-state index is 13.8. The molecule has 2 aromatic rings. The van der Waals surface area contributed by atoms with Gasteiger partial charge in [0.2, 0.25) is 0 Å². The van der Waals surface area contributed by atoms with Gasteiger partial charge in [-0.2, -0.15) is 0 Å². The largest absolute Gasteiger partial charge is 0.488 e. The number of halogens is 2. The Morgan fingerprint density at radius 2 is 1.95 bits per heavy atom. The highest BCUT2D eigenvalue weighted by Crippen LogP contribution is 2.33. The van der Waals surface area contributed by atoms with Crippen LogP contribution >= 0.6 is 15.9 Å². The fourth-order valence-corrected chi connectivity index (χ4v) is 2.28. The molecule has 0 saturated carbocycles. The molecule has 0 atom stereocenters. The van der Waals surface area contributed by atoms with Crippen LogP contribution in [-0.2, 0) is 0 Å². The molecule has 112 valence electrons. The van der Waals surface area contributed by atoms with E-state index in [0.29, 0.717) is 11.4 Å². The second-order valence-electron chi connectivity index (χ2n) is 5.07. The third-order valence-electron chi connectivity index (χ3n) is 3.00. The van der Waals surface area contributed by atoms with Crippen LogP contribution in [0.1, 0.15) is 19.4 Å². The number of hydrogen-bond acceptors (Lipinski definition) is 3. The Bertz CT molecular complexity index is 659. The molecule has 2 aromatic carbocycles. The molecule has 0 radical (unpaired) electrons. The van der Waals surface area contributed by atoms with Gasteiger partial charge in [0, 0.05) is 22.3 Å². The van der Waals surface area contributed by atoms with Crippen molar-refractivity contribution in [1.29, 1.82) is 0 Å². The number of nitrogen functional groups attached to an aromatic ring is 1. The standard InChI is InChI=1S/C16H18BrFN2O/c1-9(2)21-16-8-15(13(19)7-12(16)18)20-14-6-4-5-11(17)10(14)3/h4-9,20H,19H2,1-3H3. The van der Waals surface area contributed by atoms with E-state index in [1.807, 2.05) is 39.0 Å². The lowest BCUT2D eigenvalue weighted by molar-refractivity contribution is 0.231. The van der Waals surface area contributed by atoms with Crippen molar-refractivity contribution >= 4 is 33.0 Å². The van der Waals surface area contributed by atoms with Crippen LogP contribution < -0.4 is 15.8 Å². The summed E-state index contributed by atoms with van der Waals surface area (Å²) in [5.74, 6) is -0.271. The zero-order valence-electron chi connectivity index (χ0n) is 12.2. The van der Waals surface area contributed by atoms with Gasteiger partial charge < -0.3 is 15.8 Å². The first-order valence-electron chi connectivity index (χ1n) is 6.66. The van der Waals surface area contributed by atoms with Gasteiger partial charge in [0.25, 0.3) is 0 Å². The second-order valence-corrected chi connectivity index (χ2v) is 5.93. The van der Waals surface area contributed by atoms with Gasteiger partial charge in [-0.3, -0.25) is 0 Å². The van der Waals surface area contributed by atoms with Crippen LogP contribution in [-0.4, -0.2) is 6.10 Å². The monoisotopic (exact) mass is 352 g/mol. The molecule has 2 rings (SSSR count). The van der Waals surface area contributed by atoms with Gasteiger partial charge in [-0.05, 0) is 38.5 Å². The normalized spacial score (nSPS) is 10.8. The lowest BCUT2D eigenvalue weighted by atomic mass is 10.1. The van der Waals surface area contributed by atoms with Crippen molar-refractivity contribution < 1.29 is 9.13 Å². The number of nitrogens with two attached hydrogens (primary N) is 1. The van der Waals surface area contributed by atoms with Gasteiger partial charge in [0.15, 0.2) is 11.6 Å². The molecule has 0 spiro atoms. The number of nitrogens with one attached hydrogen (secondary N) is 1. The lowest BCUT2D eigenvalue weighted by Crippen LogP contribution is -2.08. The van der Waals surface area contributed by atoms with Gasteiger partial charge in [-0.25, -0.2) is 4.39 Å². The Labute approximate surface area is 132 Å². The first kappa shape index (κ1) is 15.6. The molecular formula is C16H18BrFN2O. The molecule has 5 heteroatoms. The molecule has 0 aliphatic rings. The minimum atomic E-state index is -0.460. The van der Waals surface area contributed by atoms with Crippen molar-refractivity contribution in [2.75, 3.05) is 11.1 Å². The summed E-state index contributed by atoms with van der Waals surface area (Å²) in [7, 11) is 0. The highest BCUT2D eigenvalue weighted by Gasteiger charge is 2.12. The van der Waals surface area contributed by atoms with E-state index in [0.717, 1.165) is 15.7 Å². The smallest absolute Gasteiger partial charge is 0.167 e. The van der Waals surface area contributed by atoms with Crippen molar-refractivity contribution in [2.45, 2.75) is 26.9 Å². The van der Waals surface area contributed by atoms with E-state index in [1.165, 1.54) is 6.07 Å². The van der Waals surface area contributed by atoms with E-state index in [4.69, 9.17) is 10.5 Å². The van der Waals surface area contributed by atoms with Crippen molar-refractivity contribution in [3.05, 3.63) is 46.2 Å². The average molecular weight is 353 g/mol. The van der Waals surface area contributed by atoms with Crippen molar-refractivity contribution in [3.63, 3.8) is 0 Å². The van der Waals surface area contributed by atoms with Gasteiger partial charge in [0.1, 0.15) is 0 Å². The highest BCUT2D eigenvalue weighted by molar-refractivity contribution is 9.10. The summed E-state index contributed by atoms with van der Waals surface area (Å²) in [5, 5.41) is 3.22. The van der Waals surface area contributed by atoms with E-state index >= 15 is 0 Å². The van der Waals surface area contributed by atoms with Crippen molar-refractivity contribution in [2.24, 2.45) is 0 Å². The van der Waals surface area contributed by atoms with Crippen molar-refractivity contribution in [1.82, 2.24) is 0 Å². The predicted molar refractivity (Wildman–Crippen MR) is 88.7 cm³/mol. The number of rotatable bonds is 4. The molecule has 0 bridgehead atoms. The molecule has 3 nitrogen and oxygen atoms in total. The van der Waals surface area contributed by atoms with E-state index < -0.39 is 5.82 Å². The summed E-state index contributed by atoms with van der Waals surface area (Å²) in [4.78, 5) is 0. The van der Waals surface area contributed by atoms with Crippen LogP contribution in [0.2, 0.25) is 0 Å². The molecule has 0 aromatic heterocycles. The Hall–Kier alpha value is -1.75. The average Bonchev–Trinajstić information content (AvgIpc) is 2.40. The predicted octanol–water partition coefficient (Wildman–Crippen LogP) is 5.01. The topological polar surface area (TPSA) is 47.3 Å². The third-order valence-corrected chi connectivity index (χ3v) is 3.86. The lowest BCUT2D eigenvalue weighted by Gasteiger charge is -2.16. The minimum absolute atomic E-state index is 0.108. The molecule has 0 saturated heterocycles. The molecule has 0 fully saturated rings. The fraction of sp³-hybridized carbons (Fsp3) is 0.250. The first-order chi connectivity index (χ1) is 9.88. The van der Waals surface area contributed by atoms with Crippen LogP contribution in [0.5, 0.6) is 5.75 Å². The van der Waals surface area contributed by atoms with Crippen LogP contribution in [0, 0.1) is 12.7 Å². The zero-order chi connectivity index (χ0) is 15.6. The summed E-state index contributed by atoms with van der Waals surface area (Å²) < 4.78 is 20.3. The summed E-state index contributed by atoms with van der Waals surface area (Å²) in [6.45, 7) is 5.68. The van der Waals surface area contributed by atoms with Crippen LogP contribution in [0.15, 0.2) is 34.8 Å². The quantitative estimate of drug-likeness (QED) is 0.760. The maximum atomic E-state index is 13.8. The maximum Gasteiger partial charge on any atom is 0.167 e. The molecular weight excluding hydrogens is 335 g/mol. The van der Waals surface area contributed by atoms with Crippen LogP contribution in [0.4, 0.5) is 21.5 Å². The van der Waals surface area contributed by atoms with Crippen LogP contribution in [0.3, 0.4) is 0 Å². The second kappa shape index (κ2) is 6.35. The van der Waals surface area contributed by atoms with E-state index in [9.17, 15) is 4.39 Å². The summed E-state index contributed by atoms with van der Waals surface area (Å²) in [6.07, 6.45) is -0.108. The summed E-state index contributed by atoms with van der Waals surface area (Å²) >= 11 is 3.48. The fourth-order valence-electron chi connectivity index (χ4n) is 1.91. The third kappa shape index (κ3) is 3.67. The number of benzene rings is 2. The molecule has 0 heterocycles. The molecule has 0 unspecified atom stereocenters. The minimum Gasteiger partial charge on any atom is -0.488 e. The van der Waals surface area contributed by atoms with Gasteiger partial charge in [-0.15, -0.1) is 0 Å². The number of anilines is 3. The molecule has 0 aliphatic carbocycles. The molecule has 0 amide bonds. The summed E-state index contributed by atoms with van der Waals surface area (Å²) in [5.41, 5.74) is 8.79. The summed E-state index contributed by atoms with van der Waals surface area (Å²) in [6, 6.07) is 8.68. The van der Waals surface area contributed by atoms with Crippen LogP contribution in [0.25, 0.3) is 0 Å². The molecule has 21 heavy (non-hydrogen) atoms. The van der Waals surface area contributed by atoms with Gasteiger partial charge >= 0.3 is 0 Å². The Balaban J connectivity index is 2.37. The van der Waals surface area contributed by atoms with Gasteiger partial charge in [-0.1, -0.05) is 22.0 Å². The van der Waals surface area contributed by atoms with E-state index in [2.05, 4.69) is 21.2 Å². The Morgan fingerprint density at radius 3 is 2.62 bits per heavy atom.